The third-order valence-corrected chi connectivity index (χ3v) is 4.13. The van der Waals surface area contributed by atoms with Crippen LogP contribution < -0.4 is 0 Å². The van der Waals surface area contributed by atoms with Gasteiger partial charge in [0.05, 0.1) is 6.61 Å². The molecule has 1 heterocycles. The zero-order valence-corrected chi connectivity index (χ0v) is 13.3. The van der Waals surface area contributed by atoms with Crippen molar-refractivity contribution in [2.45, 2.75) is 12.8 Å². The molecule has 1 aromatic rings. The summed E-state index contributed by atoms with van der Waals surface area (Å²) in [6.45, 7) is 3.66. The number of aliphatic hydroxyl groups is 1. The highest BCUT2D eigenvalue weighted by Crippen LogP contribution is 2.13. The lowest BCUT2D eigenvalue weighted by atomic mass is 10.1. The lowest BCUT2D eigenvalue weighted by Gasteiger charge is -2.34. The van der Waals surface area contributed by atoms with Crippen LogP contribution in [0.25, 0.3) is 0 Å². The number of rotatable bonds is 6. The number of amides is 1. The fourth-order valence-corrected chi connectivity index (χ4v) is 2.65. The van der Waals surface area contributed by atoms with Crippen LogP contribution in [-0.4, -0.2) is 65.9 Å². The molecule has 0 aliphatic carbocycles. The van der Waals surface area contributed by atoms with E-state index in [1.165, 1.54) is 0 Å². The maximum Gasteiger partial charge on any atom is 0.223 e. The van der Waals surface area contributed by atoms with Gasteiger partial charge in [-0.15, -0.1) is 0 Å². The fourth-order valence-electron chi connectivity index (χ4n) is 2.52. The van der Waals surface area contributed by atoms with Crippen molar-refractivity contribution in [3.63, 3.8) is 0 Å². The molecule has 0 spiro atoms. The Bertz CT molecular complexity index is 511. The van der Waals surface area contributed by atoms with E-state index in [0.717, 1.165) is 13.1 Å². The van der Waals surface area contributed by atoms with Crippen LogP contribution in [0.2, 0.25) is 5.02 Å². The summed E-state index contributed by atoms with van der Waals surface area (Å²) < 4.78 is 0. The molecule has 0 bridgehead atoms. The Kier molecular flexibility index (Phi) is 6.36. The van der Waals surface area contributed by atoms with E-state index in [2.05, 4.69) is 4.90 Å². The molecule has 1 aromatic carbocycles. The minimum Gasteiger partial charge on any atom is -0.395 e. The summed E-state index contributed by atoms with van der Waals surface area (Å²) in [5.74, 6) is -0.0186. The van der Waals surface area contributed by atoms with Gasteiger partial charge in [0.1, 0.15) is 0 Å². The highest BCUT2D eigenvalue weighted by molar-refractivity contribution is 6.30. The number of carbonyl (C=O) groups excluding carboxylic acids is 2. The van der Waals surface area contributed by atoms with Gasteiger partial charge in [-0.25, -0.2) is 0 Å². The largest absolute Gasteiger partial charge is 0.395 e. The molecular weight excluding hydrogens is 304 g/mol. The number of aliphatic hydroxyl groups excluding tert-OH is 1. The molecule has 0 saturated carbocycles. The van der Waals surface area contributed by atoms with Crippen LogP contribution in [0.4, 0.5) is 0 Å². The summed E-state index contributed by atoms with van der Waals surface area (Å²) in [6.07, 6.45) is 0.457. The van der Waals surface area contributed by atoms with Gasteiger partial charge in [-0.1, -0.05) is 11.6 Å². The predicted octanol–water partition coefficient (Wildman–Crippen LogP) is 1.44. The van der Waals surface area contributed by atoms with Crippen LogP contribution in [0.5, 0.6) is 0 Å². The molecule has 22 heavy (non-hydrogen) atoms. The van der Waals surface area contributed by atoms with Crippen LogP contribution in [0, 0.1) is 0 Å². The molecule has 120 valence electrons. The van der Waals surface area contributed by atoms with Crippen LogP contribution in [0.3, 0.4) is 0 Å². The molecule has 5 nitrogen and oxygen atoms in total. The van der Waals surface area contributed by atoms with Gasteiger partial charge in [0.15, 0.2) is 5.78 Å². The van der Waals surface area contributed by atoms with Crippen molar-refractivity contribution in [2.75, 3.05) is 39.3 Å². The second-order valence-electron chi connectivity index (χ2n) is 5.38. The average molecular weight is 325 g/mol. The first-order chi connectivity index (χ1) is 10.6. The van der Waals surface area contributed by atoms with Gasteiger partial charge in [0.2, 0.25) is 5.91 Å². The monoisotopic (exact) mass is 324 g/mol. The highest BCUT2D eigenvalue weighted by Gasteiger charge is 2.21. The Morgan fingerprint density at radius 3 is 2.27 bits per heavy atom. The summed E-state index contributed by atoms with van der Waals surface area (Å²) in [6, 6.07) is 6.72. The van der Waals surface area contributed by atoms with E-state index in [1.807, 2.05) is 0 Å². The van der Waals surface area contributed by atoms with Crippen molar-refractivity contribution in [1.82, 2.24) is 9.80 Å². The number of piperazine rings is 1. The van der Waals surface area contributed by atoms with Gasteiger partial charge in [0.25, 0.3) is 0 Å². The number of β-amino-alcohol motifs (C(OH)–C–C–N with tert-alkyl or cyclic N) is 1. The van der Waals surface area contributed by atoms with E-state index in [1.54, 1.807) is 29.2 Å². The van der Waals surface area contributed by atoms with Crippen LogP contribution in [0.15, 0.2) is 24.3 Å². The third-order valence-electron chi connectivity index (χ3n) is 3.87. The van der Waals surface area contributed by atoms with Gasteiger partial charge >= 0.3 is 0 Å². The Labute approximate surface area is 135 Å². The van der Waals surface area contributed by atoms with E-state index in [-0.39, 0.29) is 31.1 Å². The Balaban J connectivity index is 1.76. The van der Waals surface area contributed by atoms with Crippen molar-refractivity contribution in [2.24, 2.45) is 0 Å². The molecule has 1 amide bonds. The van der Waals surface area contributed by atoms with E-state index in [4.69, 9.17) is 16.7 Å². The molecule has 0 radical (unpaired) electrons. The summed E-state index contributed by atoms with van der Waals surface area (Å²) in [4.78, 5) is 28.1. The molecule has 0 atom stereocenters. The summed E-state index contributed by atoms with van der Waals surface area (Å²) in [5.41, 5.74) is 0.588. The van der Waals surface area contributed by atoms with Gasteiger partial charge in [-0.2, -0.15) is 0 Å². The Morgan fingerprint density at radius 1 is 1.05 bits per heavy atom. The molecule has 1 aliphatic heterocycles. The van der Waals surface area contributed by atoms with Crippen molar-refractivity contribution >= 4 is 23.3 Å². The normalized spacial score (nSPS) is 15.8. The lowest BCUT2D eigenvalue weighted by Crippen LogP contribution is -2.49. The van der Waals surface area contributed by atoms with E-state index < -0.39 is 0 Å². The molecule has 1 N–H and O–H groups in total. The zero-order chi connectivity index (χ0) is 15.9. The molecule has 6 heteroatoms. The van der Waals surface area contributed by atoms with Gasteiger partial charge in [0, 0.05) is 56.2 Å². The first-order valence-corrected chi connectivity index (χ1v) is 7.87. The standard InChI is InChI=1S/C16H21ClN2O3/c17-14-3-1-13(2-4-14)15(21)5-6-16(22)19-9-7-18(8-10-19)11-12-20/h1-4,20H,5-12H2. The summed E-state index contributed by atoms with van der Waals surface area (Å²) in [7, 11) is 0. The van der Waals surface area contributed by atoms with E-state index in [0.29, 0.717) is 30.2 Å². The van der Waals surface area contributed by atoms with E-state index in [9.17, 15) is 9.59 Å². The number of halogens is 1. The fraction of sp³-hybridized carbons (Fsp3) is 0.500. The maximum absolute atomic E-state index is 12.1. The smallest absolute Gasteiger partial charge is 0.223 e. The van der Waals surface area contributed by atoms with Crippen LogP contribution in [0.1, 0.15) is 23.2 Å². The molecule has 0 unspecified atom stereocenters. The first kappa shape index (κ1) is 16.9. The number of hydrogen-bond donors (Lipinski definition) is 1. The number of benzene rings is 1. The second kappa shape index (κ2) is 8.27. The molecule has 0 aromatic heterocycles. The molecule has 1 fully saturated rings. The van der Waals surface area contributed by atoms with Crippen molar-refractivity contribution in [3.8, 4) is 0 Å². The number of ketones is 1. The van der Waals surface area contributed by atoms with Crippen molar-refractivity contribution in [3.05, 3.63) is 34.9 Å². The quantitative estimate of drug-likeness (QED) is 0.804. The summed E-state index contributed by atoms with van der Waals surface area (Å²) in [5, 5.41) is 9.49. The predicted molar refractivity (Wildman–Crippen MR) is 85.1 cm³/mol. The van der Waals surface area contributed by atoms with Gasteiger partial charge in [-0.3, -0.25) is 14.5 Å². The summed E-state index contributed by atoms with van der Waals surface area (Å²) >= 11 is 5.79. The SMILES string of the molecule is O=C(CCC(=O)N1CCN(CCO)CC1)c1ccc(Cl)cc1. The minimum absolute atomic E-state index is 0.0194. The molecule has 1 saturated heterocycles. The van der Waals surface area contributed by atoms with Crippen molar-refractivity contribution in [1.29, 1.82) is 0 Å². The van der Waals surface area contributed by atoms with Gasteiger partial charge < -0.3 is 10.0 Å². The van der Waals surface area contributed by atoms with Gasteiger partial charge in [-0.05, 0) is 24.3 Å². The second-order valence-corrected chi connectivity index (χ2v) is 5.81. The van der Waals surface area contributed by atoms with Crippen LogP contribution >= 0.6 is 11.6 Å². The minimum atomic E-state index is -0.0380. The molecule has 1 aliphatic rings. The highest BCUT2D eigenvalue weighted by atomic mass is 35.5. The first-order valence-electron chi connectivity index (χ1n) is 7.50. The average Bonchev–Trinajstić information content (AvgIpc) is 2.54. The Hall–Kier alpha value is -1.43. The lowest BCUT2D eigenvalue weighted by molar-refractivity contribution is -0.132. The third kappa shape index (κ3) is 4.80. The topological polar surface area (TPSA) is 60.9 Å². The number of hydrogen-bond acceptors (Lipinski definition) is 4. The molecular formula is C16H21ClN2O3. The number of carbonyl (C=O) groups is 2. The number of nitrogens with zero attached hydrogens (tertiary/aromatic N) is 2. The zero-order valence-electron chi connectivity index (χ0n) is 12.5. The molecule has 2 rings (SSSR count). The van der Waals surface area contributed by atoms with Crippen molar-refractivity contribution < 1.29 is 14.7 Å². The van der Waals surface area contributed by atoms with E-state index >= 15 is 0 Å². The number of Topliss-reactive ketones (excluding diaryl/α,β-unsaturated/α-hetero) is 1. The Morgan fingerprint density at radius 2 is 1.68 bits per heavy atom. The van der Waals surface area contributed by atoms with Crippen LogP contribution in [-0.2, 0) is 4.79 Å². The maximum atomic E-state index is 12.1.